The van der Waals surface area contributed by atoms with E-state index in [0.29, 0.717) is 18.3 Å². The van der Waals surface area contributed by atoms with Gasteiger partial charge >= 0.3 is 0 Å². The van der Waals surface area contributed by atoms with Gasteiger partial charge in [-0.2, -0.15) is 0 Å². The molecular weight excluding hydrogens is 254 g/mol. The SMILES string of the molecule is COc1ccccc1NC(=O)CN(C)C1CCCNC1. The Morgan fingerprint density at radius 3 is 3.00 bits per heavy atom. The predicted molar refractivity (Wildman–Crippen MR) is 80.1 cm³/mol. The average molecular weight is 277 g/mol. The summed E-state index contributed by atoms with van der Waals surface area (Å²) < 4.78 is 5.23. The average Bonchev–Trinajstić information content (AvgIpc) is 2.48. The third-order valence-electron chi connectivity index (χ3n) is 3.67. The molecule has 1 heterocycles. The Bertz CT molecular complexity index is 444. The van der Waals surface area contributed by atoms with Crippen molar-refractivity contribution in [3.8, 4) is 5.75 Å². The van der Waals surface area contributed by atoms with Crippen molar-refractivity contribution < 1.29 is 9.53 Å². The van der Waals surface area contributed by atoms with Gasteiger partial charge in [-0.05, 0) is 38.6 Å². The van der Waals surface area contributed by atoms with Crippen molar-refractivity contribution in [2.75, 3.05) is 39.1 Å². The topological polar surface area (TPSA) is 53.6 Å². The number of likely N-dealkylation sites (N-methyl/N-ethyl adjacent to an activating group) is 1. The van der Waals surface area contributed by atoms with E-state index in [4.69, 9.17) is 4.74 Å². The summed E-state index contributed by atoms with van der Waals surface area (Å²) in [4.78, 5) is 14.2. The highest BCUT2D eigenvalue weighted by Crippen LogP contribution is 2.22. The van der Waals surface area contributed by atoms with E-state index < -0.39 is 0 Å². The maximum Gasteiger partial charge on any atom is 0.238 e. The lowest BCUT2D eigenvalue weighted by molar-refractivity contribution is -0.117. The van der Waals surface area contributed by atoms with Gasteiger partial charge < -0.3 is 15.4 Å². The second-order valence-corrected chi connectivity index (χ2v) is 5.16. The zero-order chi connectivity index (χ0) is 14.4. The van der Waals surface area contributed by atoms with Crippen LogP contribution in [0.15, 0.2) is 24.3 Å². The van der Waals surface area contributed by atoms with E-state index in [2.05, 4.69) is 15.5 Å². The van der Waals surface area contributed by atoms with Crippen LogP contribution < -0.4 is 15.4 Å². The Kier molecular flexibility index (Phi) is 5.38. The first-order valence-corrected chi connectivity index (χ1v) is 7.04. The number of rotatable bonds is 5. The van der Waals surface area contributed by atoms with Crippen LogP contribution in [-0.4, -0.2) is 50.6 Å². The van der Waals surface area contributed by atoms with Gasteiger partial charge in [0.1, 0.15) is 5.75 Å². The summed E-state index contributed by atoms with van der Waals surface area (Å²) in [6.07, 6.45) is 2.31. The molecule has 2 rings (SSSR count). The molecule has 1 saturated heterocycles. The molecule has 5 heteroatoms. The summed E-state index contributed by atoms with van der Waals surface area (Å²) in [6, 6.07) is 7.89. The van der Waals surface area contributed by atoms with Crippen molar-refractivity contribution >= 4 is 11.6 Å². The molecule has 1 aliphatic rings. The molecule has 1 atom stereocenters. The Balaban J connectivity index is 1.88. The fourth-order valence-corrected chi connectivity index (χ4v) is 2.50. The first-order valence-electron chi connectivity index (χ1n) is 7.04. The highest BCUT2D eigenvalue weighted by Gasteiger charge is 2.19. The molecule has 0 saturated carbocycles. The molecule has 1 aliphatic heterocycles. The third kappa shape index (κ3) is 3.95. The fourth-order valence-electron chi connectivity index (χ4n) is 2.50. The van der Waals surface area contributed by atoms with Crippen LogP contribution in [0.25, 0.3) is 0 Å². The van der Waals surface area contributed by atoms with E-state index in [-0.39, 0.29) is 5.91 Å². The number of nitrogens with one attached hydrogen (secondary N) is 2. The molecule has 0 aromatic heterocycles. The van der Waals surface area contributed by atoms with E-state index in [1.54, 1.807) is 7.11 Å². The fraction of sp³-hybridized carbons (Fsp3) is 0.533. The number of piperidine rings is 1. The zero-order valence-electron chi connectivity index (χ0n) is 12.2. The van der Waals surface area contributed by atoms with E-state index in [1.165, 1.54) is 6.42 Å². The van der Waals surface area contributed by atoms with Gasteiger partial charge in [0.15, 0.2) is 0 Å². The Morgan fingerprint density at radius 1 is 1.50 bits per heavy atom. The number of hydrogen-bond donors (Lipinski definition) is 2. The van der Waals surface area contributed by atoms with Crippen LogP contribution in [0.2, 0.25) is 0 Å². The lowest BCUT2D eigenvalue weighted by atomic mass is 10.1. The normalized spacial score (nSPS) is 18.9. The van der Waals surface area contributed by atoms with Crippen molar-refractivity contribution in [2.45, 2.75) is 18.9 Å². The smallest absolute Gasteiger partial charge is 0.238 e. The molecule has 1 amide bonds. The van der Waals surface area contributed by atoms with E-state index >= 15 is 0 Å². The first kappa shape index (κ1) is 14.8. The molecule has 2 N–H and O–H groups in total. The van der Waals surface area contributed by atoms with E-state index in [0.717, 1.165) is 25.2 Å². The summed E-state index contributed by atoms with van der Waals surface area (Å²) in [6.45, 7) is 2.43. The molecule has 110 valence electrons. The predicted octanol–water partition coefficient (Wildman–Crippen LogP) is 1.32. The van der Waals surface area contributed by atoms with Crippen LogP contribution >= 0.6 is 0 Å². The van der Waals surface area contributed by atoms with Gasteiger partial charge in [0.25, 0.3) is 0 Å². The van der Waals surface area contributed by atoms with Gasteiger partial charge in [-0.1, -0.05) is 12.1 Å². The van der Waals surface area contributed by atoms with Crippen LogP contribution in [0.1, 0.15) is 12.8 Å². The molecular formula is C15H23N3O2. The number of methoxy groups -OCH3 is 1. The second-order valence-electron chi connectivity index (χ2n) is 5.16. The third-order valence-corrected chi connectivity index (χ3v) is 3.67. The zero-order valence-corrected chi connectivity index (χ0v) is 12.2. The molecule has 1 aromatic rings. The Hall–Kier alpha value is -1.59. The number of para-hydroxylation sites is 2. The Morgan fingerprint density at radius 2 is 2.30 bits per heavy atom. The van der Waals surface area contributed by atoms with E-state index in [9.17, 15) is 4.79 Å². The number of nitrogens with zero attached hydrogens (tertiary/aromatic N) is 1. The minimum absolute atomic E-state index is 0.0115. The Labute approximate surface area is 120 Å². The first-order chi connectivity index (χ1) is 9.70. The molecule has 5 nitrogen and oxygen atoms in total. The summed E-state index contributed by atoms with van der Waals surface area (Å²) in [5.74, 6) is 0.672. The van der Waals surface area contributed by atoms with E-state index in [1.807, 2.05) is 31.3 Å². The van der Waals surface area contributed by atoms with Crippen molar-refractivity contribution in [3.63, 3.8) is 0 Å². The number of carbonyl (C=O) groups excluding carboxylic acids is 1. The molecule has 0 spiro atoms. The largest absolute Gasteiger partial charge is 0.495 e. The molecule has 1 fully saturated rings. The van der Waals surface area contributed by atoms with Crippen LogP contribution in [0.5, 0.6) is 5.75 Å². The minimum atomic E-state index is -0.0115. The van der Waals surface area contributed by atoms with Crippen molar-refractivity contribution in [1.82, 2.24) is 10.2 Å². The highest BCUT2D eigenvalue weighted by molar-refractivity contribution is 5.93. The van der Waals surface area contributed by atoms with Crippen molar-refractivity contribution in [2.24, 2.45) is 0 Å². The summed E-state index contributed by atoms with van der Waals surface area (Å²) >= 11 is 0. The molecule has 20 heavy (non-hydrogen) atoms. The molecule has 0 radical (unpaired) electrons. The summed E-state index contributed by atoms with van der Waals surface area (Å²) in [7, 11) is 3.60. The monoisotopic (exact) mass is 277 g/mol. The van der Waals surface area contributed by atoms with Gasteiger partial charge in [0.05, 0.1) is 19.3 Å². The van der Waals surface area contributed by atoms with Gasteiger partial charge in [0.2, 0.25) is 5.91 Å². The number of hydrogen-bond acceptors (Lipinski definition) is 4. The standard InChI is InChI=1S/C15H23N3O2/c1-18(12-6-5-9-16-10-12)11-15(19)17-13-7-3-4-8-14(13)20-2/h3-4,7-8,12,16H,5-6,9-11H2,1-2H3,(H,17,19). The van der Waals surface area contributed by atoms with Crippen LogP contribution in [0.3, 0.4) is 0 Å². The van der Waals surface area contributed by atoms with Gasteiger partial charge in [-0.25, -0.2) is 0 Å². The highest BCUT2D eigenvalue weighted by atomic mass is 16.5. The van der Waals surface area contributed by atoms with Gasteiger partial charge in [-0.3, -0.25) is 9.69 Å². The lowest BCUT2D eigenvalue weighted by Crippen LogP contribution is -2.46. The number of carbonyl (C=O) groups is 1. The van der Waals surface area contributed by atoms with Crippen LogP contribution in [0, 0.1) is 0 Å². The van der Waals surface area contributed by atoms with Crippen LogP contribution in [-0.2, 0) is 4.79 Å². The molecule has 0 bridgehead atoms. The summed E-state index contributed by atoms with van der Waals surface area (Å²) in [5, 5.41) is 6.27. The van der Waals surface area contributed by atoms with Gasteiger partial charge in [-0.15, -0.1) is 0 Å². The van der Waals surface area contributed by atoms with Gasteiger partial charge in [0, 0.05) is 12.6 Å². The number of amides is 1. The van der Waals surface area contributed by atoms with Crippen LogP contribution in [0.4, 0.5) is 5.69 Å². The molecule has 1 aromatic carbocycles. The maximum atomic E-state index is 12.1. The lowest BCUT2D eigenvalue weighted by Gasteiger charge is -2.31. The molecule has 1 unspecified atom stereocenters. The summed E-state index contributed by atoms with van der Waals surface area (Å²) in [5.41, 5.74) is 0.718. The number of benzene rings is 1. The number of anilines is 1. The maximum absolute atomic E-state index is 12.1. The van der Waals surface area contributed by atoms with Crippen molar-refractivity contribution in [3.05, 3.63) is 24.3 Å². The van der Waals surface area contributed by atoms with Crippen molar-refractivity contribution in [1.29, 1.82) is 0 Å². The number of ether oxygens (including phenoxy) is 1. The second kappa shape index (κ2) is 7.26. The quantitative estimate of drug-likeness (QED) is 0.852. The minimum Gasteiger partial charge on any atom is -0.495 e. The molecule has 0 aliphatic carbocycles.